The third-order valence-corrected chi connectivity index (χ3v) is 5.80. The van der Waals surface area contributed by atoms with E-state index in [1.807, 2.05) is 0 Å². The van der Waals surface area contributed by atoms with Crippen molar-refractivity contribution in [3.8, 4) is 0 Å². The number of carbonyl (C=O) groups excluding carboxylic acids is 3. The molecule has 0 amide bonds. The van der Waals surface area contributed by atoms with Crippen molar-refractivity contribution in [3.63, 3.8) is 0 Å². The Balaban J connectivity index is 2.32. The molecule has 0 aliphatic carbocycles. The first-order valence-electron chi connectivity index (χ1n) is 13.3. The van der Waals surface area contributed by atoms with E-state index < -0.39 is 78.0 Å². The van der Waals surface area contributed by atoms with Gasteiger partial charge >= 0.3 is 23.6 Å². The van der Waals surface area contributed by atoms with Crippen LogP contribution in [-0.2, 0) is 47.5 Å². The van der Waals surface area contributed by atoms with Crippen LogP contribution >= 0.6 is 0 Å². The molecule has 1 aromatic rings. The van der Waals surface area contributed by atoms with Crippen LogP contribution in [0.4, 0.5) is 5.82 Å². The third kappa shape index (κ3) is 10.0. The quantitative estimate of drug-likeness (QED) is 0.117. The molecule has 1 aliphatic rings. The van der Waals surface area contributed by atoms with Crippen molar-refractivity contribution in [2.75, 3.05) is 32.5 Å². The van der Waals surface area contributed by atoms with Gasteiger partial charge in [0.05, 0.1) is 22.9 Å². The number of hydrogen-bond donors (Lipinski definition) is 2. The molecule has 238 valence electrons. The molecule has 0 spiro atoms. The van der Waals surface area contributed by atoms with Crippen LogP contribution < -0.4 is 11.2 Å². The molecular weight excluding hydrogens is 558 g/mol. The lowest BCUT2D eigenvalue weighted by atomic mass is 9.97. The average Bonchev–Trinajstić information content (AvgIpc) is 3.21. The SMILES string of the molecule is CC(C)(C)C(=O)OCOC[C@H]1O[C@@H](n2ccc(NO)nc2=O)[C@H](OCOC(=O)C(C)(C)C)[C@@H]1OCOC(=O)C(C)(C)C. The van der Waals surface area contributed by atoms with E-state index in [0.29, 0.717) is 0 Å². The van der Waals surface area contributed by atoms with Crippen LogP contribution in [0.25, 0.3) is 0 Å². The number of nitrogens with one attached hydrogen (secondary N) is 1. The van der Waals surface area contributed by atoms with Crippen LogP contribution in [0.5, 0.6) is 0 Å². The summed E-state index contributed by atoms with van der Waals surface area (Å²) in [7, 11) is 0. The number of carbonyl (C=O) groups is 3. The van der Waals surface area contributed by atoms with Gasteiger partial charge in [0.2, 0.25) is 0 Å². The van der Waals surface area contributed by atoms with E-state index in [1.165, 1.54) is 12.3 Å². The molecule has 1 aliphatic heterocycles. The highest BCUT2D eigenvalue weighted by Crippen LogP contribution is 2.34. The molecule has 1 fully saturated rings. The van der Waals surface area contributed by atoms with E-state index >= 15 is 0 Å². The predicted molar refractivity (Wildman–Crippen MR) is 145 cm³/mol. The molecule has 0 aromatic carbocycles. The maximum Gasteiger partial charge on any atom is 0.351 e. The Kier molecular flexibility index (Phi) is 12.0. The Bertz CT molecular complexity index is 1130. The van der Waals surface area contributed by atoms with Gasteiger partial charge in [-0.1, -0.05) is 0 Å². The maximum absolute atomic E-state index is 12.8. The highest BCUT2D eigenvalue weighted by atomic mass is 16.7. The van der Waals surface area contributed by atoms with E-state index in [0.717, 1.165) is 4.57 Å². The zero-order valence-electron chi connectivity index (χ0n) is 25.6. The number of esters is 3. The van der Waals surface area contributed by atoms with Gasteiger partial charge in [-0.3, -0.25) is 29.6 Å². The molecule has 2 rings (SSSR count). The van der Waals surface area contributed by atoms with Crippen molar-refractivity contribution in [1.82, 2.24) is 9.55 Å². The molecule has 15 nitrogen and oxygen atoms in total. The highest BCUT2D eigenvalue weighted by Gasteiger charge is 2.48. The van der Waals surface area contributed by atoms with Crippen LogP contribution in [0, 0.1) is 16.2 Å². The fourth-order valence-electron chi connectivity index (χ4n) is 3.35. The first-order chi connectivity index (χ1) is 19.4. The molecule has 15 heteroatoms. The topological polar surface area (TPSA) is 183 Å². The molecular formula is C27H43N3O12. The molecule has 0 bridgehead atoms. The van der Waals surface area contributed by atoms with Gasteiger partial charge in [-0.25, -0.2) is 4.79 Å². The van der Waals surface area contributed by atoms with Crippen molar-refractivity contribution < 1.29 is 52.7 Å². The van der Waals surface area contributed by atoms with Crippen LogP contribution in [0.2, 0.25) is 0 Å². The van der Waals surface area contributed by atoms with Gasteiger partial charge in [0.1, 0.15) is 18.3 Å². The summed E-state index contributed by atoms with van der Waals surface area (Å²) in [6.45, 7) is 13.6. The summed E-state index contributed by atoms with van der Waals surface area (Å²) in [5.41, 5.74) is -1.36. The fraction of sp³-hybridized carbons (Fsp3) is 0.741. The maximum atomic E-state index is 12.8. The van der Waals surface area contributed by atoms with Crippen molar-refractivity contribution >= 4 is 23.7 Å². The molecule has 2 N–H and O–H groups in total. The molecule has 2 heterocycles. The number of anilines is 1. The summed E-state index contributed by atoms with van der Waals surface area (Å²) >= 11 is 0. The molecule has 4 atom stereocenters. The largest absolute Gasteiger partial charge is 0.438 e. The lowest BCUT2D eigenvalue weighted by Crippen LogP contribution is -2.41. The number of ether oxygens (including phenoxy) is 7. The van der Waals surface area contributed by atoms with Gasteiger partial charge in [0.25, 0.3) is 0 Å². The van der Waals surface area contributed by atoms with E-state index in [9.17, 15) is 19.2 Å². The highest BCUT2D eigenvalue weighted by molar-refractivity contribution is 5.76. The molecule has 42 heavy (non-hydrogen) atoms. The summed E-state index contributed by atoms with van der Waals surface area (Å²) in [5.74, 6) is -1.64. The summed E-state index contributed by atoms with van der Waals surface area (Å²) in [6.07, 6.45) is -2.95. The minimum Gasteiger partial charge on any atom is -0.438 e. The molecule has 0 radical (unpaired) electrons. The van der Waals surface area contributed by atoms with Gasteiger partial charge in [0.15, 0.2) is 32.4 Å². The van der Waals surface area contributed by atoms with Gasteiger partial charge in [-0.2, -0.15) is 4.98 Å². The van der Waals surface area contributed by atoms with Gasteiger partial charge in [0, 0.05) is 6.20 Å². The number of rotatable bonds is 12. The van der Waals surface area contributed by atoms with E-state index in [2.05, 4.69) is 4.98 Å². The Morgan fingerprint density at radius 2 is 1.33 bits per heavy atom. The summed E-state index contributed by atoms with van der Waals surface area (Å²) in [5, 5.41) is 9.12. The zero-order chi connectivity index (χ0) is 31.9. The second-order valence-corrected chi connectivity index (χ2v) is 12.7. The summed E-state index contributed by atoms with van der Waals surface area (Å²) in [6, 6.07) is 1.32. The Hall–Kier alpha value is -3.11. The van der Waals surface area contributed by atoms with E-state index in [1.54, 1.807) is 67.8 Å². The van der Waals surface area contributed by atoms with Crippen molar-refractivity contribution in [2.45, 2.75) is 86.9 Å². The molecule has 0 unspecified atom stereocenters. The number of nitrogens with zero attached hydrogens (tertiary/aromatic N) is 2. The van der Waals surface area contributed by atoms with Gasteiger partial charge < -0.3 is 33.2 Å². The summed E-state index contributed by atoms with van der Waals surface area (Å²) < 4.78 is 40.1. The lowest BCUT2D eigenvalue weighted by molar-refractivity contribution is -0.194. The van der Waals surface area contributed by atoms with Crippen LogP contribution in [0.3, 0.4) is 0 Å². The minimum atomic E-state index is -1.18. The second kappa shape index (κ2) is 14.4. The van der Waals surface area contributed by atoms with Crippen molar-refractivity contribution in [1.29, 1.82) is 0 Å². The molecule has 0 saturated carbocycles. The monoisotopic (exact) mass is 601 g/mol. The number of hydrogen-bond acceptors (Lipinski definition) is 14. The lowest BCUT2D eigenvalue weighted by Gasteiger charge is -2.26. The van der Waals surface area contributed by atoms with E-state index in [-0.39, 0.29) is 19.2 Å². The first-order valence-corrected chi connectivity index (χ1v) is 13.3. The van der Waals surface area contributed by atoms with Gasteiger partial charge in [-0.15, -0.1) is 0 Å². The smallest absolute Gasteiger partial charge is 0.351 e. The van der Waals surface area contributed by atoms with Crippen molar-refractivity contribution in [2.24, 2.45) is 16.2 Å². The van der Waals surface area contributed by atoms with Crippen LogP contribution in [0.1, 0.15) is 68.5 Å². The van der Waals surface area contributed by atoms with E-state index in [4.69, 9.17) is 38.4 Å². The average molecular weight is 602 g/mol. The Morgan fingerprint density at radius 1 is 0.857 bits per heavy atom. The zero-order valence-corrected chi connectivity index (χ0v) is 25.6. The Morgan fingerprint density at radius 3 is 1.79 bits per heavy atom. The first kappa shape index (κ1) is 35.1. The second-order valence-electron chi connectivity index (χ2n) is 12.7. The normalized spacial score (nSPS) is 21.1. The summed E-state index contributed by atoms with van der Waals surface area (Å²) in [4.78, 5) is 53.2. The van der Waals surface area contributed by atoms with Gasteiger partial charge in [-0.05, 0) is 68.4 Å². The van der Waals surface area contributed by atoms with Crippen LogP contribution in [0.15, 0.2) is 17.1 Å². The minimum absolute atomic E-state index is 0.103. The van der Waals surface area contributed by atoms with Crippen LogP contribution in [-0.4, -0.2) is 78.0 Å². The predicted octanol–water partition coefficient (Wildman–Crippen LogP) is 2.37. The Labute approximate surface area is 244 Å². The number of aromatic nitrogens is 2. The molecule has 1 saturated heterocycles. The third-order valence-electron chi connectivity index (χ3n) is 5.80. The van der Waals surface area contributed by atoms with Crippen molar-refractivity contribution in [3.05, 3.63) is 22.7 Å². The molecule has 1 aromatic heterocycles. The standard InChI is InChI=1S/C27H43N3O12/c1-25(2,3)21(31)39-13-36-12-16-18(37-14-40-22(32)26(4,5)6)19(38-15-41-23(33)27(7,8)9)20(42-16)30-11-10-17(29-35)28-24(30)34/h10-11,16,18-20,35H,12-15H2,1-9H3,(H,28,29,34)/t16-,18-,19-,20-/m1/s1. The fourth-order valence-corrected chi connectivity index (χ4v) is 3.35.